The van der Waals surface area contributed by atoms with Crippen LogP contribution in [0.5, 0.6) is 0 Å². The summed E-state index contributed by atoms with van der Waals surface area (Å²) in [6.45, 7) is 8.30. The van der Waals surface area contributed by atoms with Crippen LogP contribution in [0.1, 0.15) is 39.5 Å². The number of nitrogens with one attached hydrogen (secondary N) is 2. The molecule has 1 heterocycles. The summed E-state index contributed by atoms with van der Waals surface area (Å²) in [7, 11) is 0. The average molecular weight is 196 g/mol. The minimum Gasteiger partial charge on any atom is -0.317 e. The van der Waals surface area contributed by atoms with E-state index in [4.69, 9.17) is 0 Å². The summed E-state index contributed by atoms with van der Waals surface area (Å²) in [6.07, 6.45) is 5.57. The van der Waals surface area contributed by atoms with Crippen LogP contribution < -0.4 is 10.6 Å². The first-order chi connectivity index (χ1) is 6.77. The predicted octanol–water partition coefficient (Wildman–Crippen LogP) is 1.76. The lowest BCUT2D eigenvalue weighted by molar-refractivity contribution is 0.315. The highest BCUT2D eigenvalue weighted by Crippen LogP contribution is 2.58. The highest BCUT2D eigenvalue weighted by atomic mass is 14.9. The summed E-state index contributed by atoms with van der Waals surface area (Å²) in [5.74, 6) is 0.985. The third kappa shape index (κ3) is 2.12. The molecule has 1 aliphatic carbocycles. The van der Waals surface area contributed by atoms with Gasteiger partial charge in [-0.3, -0.25) is 0 Å². The maximum Gasteiger partial charge on any atom is 0.00362 e. The van der Waals surface area contributed by atoms with E-state index in [1.54, 1.807) is 0 Å². The van der Waals surface area contributed by atoms with Crippen LogP contribution in [0.3, 0.4) is 0 Å². The van der Waals surface area contributed by atoms with Gasteiger partial charge >= 0.3 is 0 Å². The highest BCUT2D eigenvalue weighted by molar-refractivity contribution is 5.05. The molecule has 2 heteroatoms. The van der Waals surface area contributed by atoms with Gasteiger partial charge in [0, 0.05) is 6.04 Å². The van der Waals surface area contributed by atoms with Gasteiger partial charge in [0.05, 0.1) is 0 Å². The molecule has 2 fully saturated rings. The zero-order valence-electron chi connectivity index (χ0n) is 9.60. The molecule has 0 aromatic heterocycles. The molecule has 0 radical (unpaired) electrons. The van der Waals surface area contributed by atoms with E-state index in [2.05, 4.69) is 24.5 Å². The molecule has 2 atom stereocenters. The topological polar surface area (TPSA) is 24.1 Å². The molecule has 2 nitrogen and oxygen atoms in total. The van der Waals surface area contributed by atoms with Crippen LogP contribution in [-0.2, 0) is 0 Å². The number of hydrogen-bond acceptors (Lipinski definition) is 2. The van der Waals surface area contributed by atoms with Crippen molar-refractivity contribution in [2.45, 2.75) is 45.6 Å². The van der Waals surface area contributed by atoms with Gasteiger partial charge in [0.1, 0.15) is 0 Å². The second kappa shape index (κ2) is 4.19. The quantitative estimate of drug-likeness (QED) is 0.716. The number of piperidine rings is 1. The first kappa shape index (κ1) is 10.4. The average Bonchev–Trinajstić information content (AvgIpc) is 2.89. The second-order valence-corrected chi connectivity index (χ2v) is 5.23. The van der Waals surface area contributed by atoms with Crippen molar-refractivity contribution < 1.29 is 0 Å². The molecular formula is C12H24N2. The van der Waals surface area contributed by atoms with Crippen molar-refractivity contribution in [3.8, 4) is 0 Å². The fourth-order valence-corrected chi connectivity index (χ4v) is 2.75. The van der Waals surface area contributed by atoms with Crippen LogP contribution in [0, 0.1) is 11.3 Å². The molecule has 2 unspecified atom stereocenters. The van der Waals surface area contributed by atoms with Crippen molar-refractivity contribution in [1.29, 1.82) is 0 Å². The van der Waals surface area contributed by atoms with Gasteiger partial charge in [0.15, 0.2) is 0 Å². The Morgan fingerprint density at radius 1 is 1.43 bits per heavy atom. The molecule has 82 valence electrons. The third-order valence-corrected chi connectivity index (χ3v) is 4.28. The van der Waals surface area contributed by atoms with Crippen LogP contribution in [0.2, 0.25) is 0 Å². The Morgan fingerprint density at radius 3 is 2.79 bits per heavy atom. The molecule has 2 N–H and O–H groups in total. The van der Waals surface area contributed by atoms with Crippen LogP contribution >= 0.6 is 0 Å². The summed E-state index contributed by atoms with van der Waals surface area (Å²) in [5, 5.41) is 7.10. The predicted molar refractivity (Wildman–Crippen MR) is 60.4 cm³/mol. The molecule has 14 heavy (non-hydrogen) atoms. The lowest BCUT2D eigenvalue weighted by Gasteiger charge is -2.24. The molecule has 1 saturated carbocycles. The molecule has 0 aromatic carbocycles. The van der Waals surface area contributed by atoms with Gasteiger partial charge in [-0.15, -0.1) is 0 Å². The Labute approximate surface area is 87.8 Å². The van der Waals surface area contributed by atoms with Gasteiger partial charge in [0.2, 0.25) is 0 Å². The van der Waals surface area contributed by atoms with Gasteiger partial charge in [-0.2, -0.15) is 0 Å². The van der Waals surface area contributed by atoms with Crippen LogP contribution in [-0.4, -0.2) is 25.7 Å². The summed E-state index contributed by atoms with van der Waals surface area (Å²) in [5.41, 5.74) is 0.756. The summed E-state index contributed by atoms with van der Waals surface area (Å²) >= 11 is 0. The SMILES string of the molecule is CCC(C)NCC1CC12CCNCC2. The van der Waals surface area contributed by atoms with E-state index < -0.39 is 0 Å². The molecular weight excluding hydrogens is 172 g/mol. The van der Waals surface area contributed by atoms with E-state index in [-0.39, 0.29) is 0 Å². The van der Waals surface area contributed by atoms with E-state index in [9.17, 15) is 0 Å². The molecule has 1 saturated heterocycles. The van der Waals surface area contributed by atoms with Gasteiger partial charge in [0.25, 0.3) is 0 Å². The minimum absolute atomic E-state index is 0.703. The Bertz CT molecular complexity index is 185. The van der Waals surface area contributed by atoms with E-state index >= 15 is 0 Å². The molecule has 0 aromatic rings. The Morgan fingerprint density at radius 2 is 2.14 bits per heavy atom. The molecule has 1 spiro atoms. The highest BCUT2D eigenvalue weighted by Gasteiger charge is 2.53. The minimum atomic E-state index is 0.703. The van der Waals surface area contributed by atoms with E-state index in [1.807, 2.05) is 0 Å². The zero-order valence-corrected chi connectivity index (χ0v) is 9.60. The standard InChI is InChI=1S/C12H24N2/c1-3-10(2)14-9-11-8-12(11)4-6-13-7-5-12/h10-11,13-14H,3-9H2,1-2H3. The Kier molecular flexibility index (Phi) is 3.13. The van der Waals surface area contributed by atoms with E-state index in [0.717, 1.165) is 11.3 Å². The van der Waals surface area contributed by atoms with Crippen LogP contribution in [0.25, 0.3) is 0 Å². The zero-order chi connectivity index (χ0) is 10.0. The van der Waals surface area contributed by atoms with Gasteiger partial charge < -0.3 is 10.6 Å². The maximum absolute atomic E-state index is 3.65. The second-order valence-electron chi connectivity index (χ2n) is 5.23. The molecule has 1 aliphatic heterocycles. The molecule has 2 aliphatic rings. The van der Waals surface area contributed by atoms with Crippen LogP contribution in [0.4, 0.5) is 0 Å². The fraction of sp³-hybridized carbons (Fsp3) is 1.00. The van der Waals surface area contributed by atoms with Crippen molar-refractivity contribution >= 4 is 0 Å². The Balaban J connectivity index is 1.69. The lowest BCUT2D eigenvalue weighted by atomic mass is 9.92. The van der Waals surface area contributed by atoms with Crippen LogP contribution in [0.15, 0.2) is 0 Å². The largest absolute Gasteiger partial charge is 0.317 e. The van der Waals surface area contributed by atoms with Crippen molar-refractivity contribution in [2.24, 2.45) is 11.3 Å². The van der Waals surface area contributed by atoms with Crippen molar-refractivity contribution in [3.63, 3.8) is 0 Å². The summed E-state index contributed by atoms with van der Waals surface area (Å²) in [4.78, 5) is 0. The number of rotatable bonds is 4. The molecule has 2 rings (SSSR count). The summed E-state index contributed by atoms with van der Waals surface area (Å²) in [6, 6.07) is 0.703. The lowest BCUT2D eigenvalue weighted by Crippen LogP contribution is -2.33. The fourth-order valence-electron chi connectivity index (χ4n) is 2.75. The smallest absolute Gasteiger partial charge is 0.00362 e. The van der Waals surface area contributed by atoms with Gasteiger partial charge in [-0.05, 0) is 63.6 Å². The van der Waals surface area contributed by atoms with Crippen molar-refractivity contribution in [1.82, 2.24) is 10.6 Å². The van der Waals surface area contributed by atoms with Crippen molar-refractivity contribution in [2.75, 3.05) is 19.6 Å². The van der Waals surface area contributed by atoms with E-state index in [0.29, 0.717) is 6.04 Å². The summed E-state index contributed by atoms with van der Waals surface area (Å²) < 4.78 is 0. The first-order valence-electron chi connectivity index (χ1n) is 6.21. The molecule has 0 amide bonds. The monoisotopic (exact) mass is 196 g/mol. The maximum atomic E-state index is 3.65. The first-order valence-corrected chi connectivity index (χ1v) is 6.21. The Hall–Kier alpha value is -0.0800. The van der Waals surface area contributed by atoms with Crippen molar-refractivity contribution in [3.05, 3.63) is 0 Å². The van der Waals surface area contributed by atoms with Gasteiger partial charge in [-0.25, -0.2) is 0 Å². The number of hydrogen-bond donors (Lipinski definition) is 2. The normalized spacial score (nSPS) is 31.7. The molecule has 0 bridgehead atoms. The van der Waals surface area contributed by atoms with Gasteiger partial charge in [-0.1, -0.05) is 6.92 Å². The van der Waals surface area contributed by atoms with E-state index in [1.165, 1.54) is 45.3 Å². The third-order valence-electron chi connectivity index (χ3n) is 4.28.